The summed E-state index contributed by atoms with van der Waals surface area (Å²) in [7, 11) is 0. The van der Waals surface area contributed by atoms with E-state index >= 15 is 0 Å². The maximum Gasteiger partial charge on any atom is 0.257 e. The molecule has 0 aliphatic carbocycles. The molecular weight excluding hydrogens is 340 g/mol. The van der Waals surface area contributed by atoms with Crippen molar-refractivity contribution in [3.05, 3.63) is 48.5 Å². The summed E-state index contributed by atoms with van der Waals surface area (Å²) in [5.41, 5.74) is 1.60. The number of para-hydroxylation sites is 1. The van der Waals surface area contributed by atoms with E-state index in [-0.39, 0.29) is 11.9 Å². The van der Waals surface area contributed by atoms with E-state index < -0.39 is 0 Å². The van der Waals surface area contributed by atoms with Crippen LogP contribution < -0.4 is 4.90 Å². The van der Waals surface area contributed by atoms with Crippen molar-refractivity contribution in [1.82, 2.24) is 24.6 Å². The number of amides is 1. The van der Waals surface area contributed by atoms with Crippen molar-refractivity contribution < 1.29 is 4.79 Å². The first-order valence-electron chi connectivity index (χ1n) is 9.41. The highest BCUT2D eigenvalue weighted by atomic mass is 16.2. The van der Waals surface area contributed by atoms with E-state index in [0.29, 0.717) is 12.1 Å². The summed E-state index contributed by atoms with van der Waals surface area (Å²) < 4.78 is 1.82. The van der Waals surface area contributed by atoms with Crippen LogP contribution in [0, 0.1) is 0 Å². The molecule has 7 heteroatoms. The van der Waals surface area contributed by atoms with E-state index in [2.05, 4.69) is 39.9 Å². The minimum absolute atomic E-state index is 0.0521. The minimum Gasteiger partial charge on any atom is -0.354 e. The standard InChI is InChI=1S/C20H24N6O/c1-15(2)26-13-16(12-23-26)20(27)25-9-5-8-24(10-11-25)19-17-6-3-4-7-18(17)21-14-22-19/h3-4,6-7,12-15H,5,8-11H2,1-2H3. The van der Waals surface area contributed by atoms with Gasteiger partial charge in [-0.15, -0.1) is 0 Å². The van der Waals surface area contributed by atoms with Crippen LogP contribution in [0.1, 0.15) is 36.7 Å². The molecule has 0 spiro atoms. The van der Waals surface area contributed by atoms with Crippen LogP contribution in [0.25, 0.3) is 10.9 Å². The van der Waals surface area contributed by atoms with Gasteiger partial charge in [0.2, 0.25) is 0 Å². The molecule has 27 heavy (non-hydrogen) atoms. The Balaban J connectivity index is 1.51. The first-order chi connectivity index (χ1) is 13.1. The average molecular weight is 364 g/mol. The van der Waals surface area contributed by atoms with Gasteiger partial charge in [0.25, 0.3) is 5.91 Å². The third kappa shape index (κ3) is 3.49. The zero-order valence-electron chi connectivity index (χ0n) is 15.7. The van der Waals surface area contributed by atoms with Gasteiger partial charge in [-0.1, -0.05) is 12.1 Å². The van der Waals surface area contributed by atoms with Crippen LogP contribution in [-0.2, 0) is 0 Å². The Hall–Kier alpha value is -2.96. The van der Waals surface area contributed by atoms with Gasteiger partial charge in [0, 0.05) is 43.8 Å². The highest BCUT2D eigenvalue weighted by Crippen LogP contribution is 2.23. The molecule has 3 heterocycles. The fourth-order valence-corrected chi connectivity index (χ4v) is 3.49. The predicted molar refractivity (Wildman–Crippen MR) is 105 cm³/mol. The number of hydrogen-bond donors (Lipinski definition) is 0. The van der Waals surface area contributed by atoms with Crippen molar-refractivity contribution in [1.29, 1.82) is 0 Å². The van der Waals surface area contributed by atoms with Crippen LogP contribution in [0.15, 0.2) is 43.0 Å². The SMILES string of the molecule is CC(C)n1cc(C(=O)N2CCCN(c3ncnc4ccccc34)CC2)cn1. The van der Waals surface area contributed by atoms with Crippen LogP contribution in [0.5, 0.6) is 0 Å². The molecule has 1 fully saturated rings. The van der Waals surface area contributed by atoms with Crippen molar-refractivity contribution >= 4 is 22.6 Å². The quantitative estimate of drug-likeness (QED) is 0.715. The molecule has 1 aliphatic rings. The first kappa shape index (κ1) is 17.5. The number of benzene rings is 1. The number of carbonyl (C=O) groups is 1. The summed E-state index contributed by atoms with van der Waals surface area (Å²) in [4.78, 5) is 25.9. The Bertz CT molecular complexity index is 945. The number of carbonyl (C=O) groups excluding carboxylic acids is 1. The van der Waals surface area contributed by atoms with Gasteiger partial charge in [0.05, 0.1) is 17.3 Å². The summed E-state index contributed by atoms with van der Waals surface area (Å²) in [6, 6.07) is 8.30. The molecule has 3 aromatic rings. The van der Waals surface area contributed by atoms with Crippen molar-refractivity contribution in [3.8, 4) is 0 Å². The van der Waals surface area contributed by atoms with Crippen LogP contribution in [0.2, 0.25) is 0 Å². The van der Waals surface area contributed by atoms with Crippen molar-refractivity contribution in [2.45, 2.75) is 26.3 Å². The number of nitrogens with zero attached hydrogens (tertiary/aromatic N) is 6. The molecule has 1 saturated heterocycles. The fourth-order valence-electron chi connectivity index (χ4n) is 3.49. The Morgan fingerprint density at radius 3 is 2.74 bits per heavy atom. The number of rotatable bonds is 3. The maximum absolute atomic E-state index is 12.9. The van der Waals surface area contributed by atoms with Crippen LogP contribution in [-0.4, -0.2) is 56.7 Å². The molecule has 1 aliphatic heterocycles. The molecule has 1 amide bonds. The number of hydrogen-bond acceptors (Lipinski definition) is 5. The number of fused-ring (bicyclic) bond motifs is 1. The first-order valence-corrected chi connectivity index (χ1v) is 9.41. The summed E-state index contributed by atoms with van der Waals surface area (Å²) in [6.07, 6.45) is 6.03. The van der Waals surface area contributed by atoms with E-state index in [1.807, 2.05) is 34.0 Å². The van der Waals surface area contributed by atoms with E-state index in [1.165, 1.54) is 0 Å². The fraction of sp³-hybridized carbons (Fsp3) is 0.400. The Morgan fingerprint density at radius 2 is 1.93 bits per heavy atom. The van der Waals surface area contributed by atoms with Crippen LogP contribution in [0.4, 0.5) is 5.82 Å². The lowest BCUT2D eigenvalue weighted by Crippen LogP contribution is -2.35. The smallest absolute Gasteiger partial charge is 0.257 e. The predicted octanol–water partition coefficient (Wildman–Crippen LogP) is 2.76. The average Bonchev–Trinajstić information content (AvgIpc) is 3.06. The molecule has 0 unspecified atom stereocenters. The normalized spacial score (nSPS) is 15.4. The van der Waals surface area contributed by atoms with E-state index in [9.17, 15) is 4.79 Å². The van der Waals surface area contributed by atoms with Gasteiger partial charge in [-0.2, -0.15) is 5.10 Å². The monoisotopic (exact) mass is 364 g/mol. The molecule has 140 valence electrons. The second kappa shape index (κ2) is 7.34. The molecule has 2 aromatic heterocycles. The molecule has 0 radical (unpaired) electrons. The summed E-state index contributed by atoms with van der Waals surface area (Å²) in [5, 5.41) is 5.35. The number of aromatic nitrogens is 4. The molecule has 0 bridgehead atoms. The van der Waals surface area contributed by atoms with Crippen molar-refractivity contribution in [2.24, 2.45) is 0 Å². The summed E-state index contributed by atoms with van der Waals surface area (Å²) >= 11 is 0. The molecule has 1 aromatic carbocycles. The molecule has 0 saturated carbocycles. The third-order valence-corrected chi connectivity index (χ3v) is 4.98. The summed E-state index contributed by atoms with van der Waals surface area (Å²) in [6.45, 7) is 7.14. The maximum atomic E-state index is 12.9. The third-order valence-electron chi connectivity index (χ3n) is 4.98. The van der Waals surface area contributed by atoms with E-state index in [0.717, 1.165) is 42.8 Å². The van der Waals surface area contributed by atoms with Gasteiger partial charge in [0.15, 0.2) is 0 Å². The van der Waals surface area contributed by atoms with Crippen molar-refractivity contribution in [3.63, 3.8) is 0 Å². The highest BCUT2D eigenvalue weighted by Gasteiger charge is 2.23. The van der Waals surface area contributed by atoms with E-state index in [4.69, 9.17) is 0 Å². The van der Waals surface area contributed by atoms with Gasteiger partial charge in [0.1, 0.15) is 12.1 Å². The lowest BCUT2D eigenvalue weighted by Gasteiger charge is -2.23. The highest BCUT2D eigenvalue weighted by molar-refractivity contribution is 5.94. The van der Waals surface area contributed by atoms with Gasteiger partial charge >= 0.3 is 0 Å². The number of anilines is 1. The minimum atomic E-state index is 0.0521. The van der Waals surface area contributed by atoms with Crippen molar-refractivity contribution in [2.75, 3.05) is 31.1 Å². The van der Waals surface area contributed by atoms with Crippen LogP contribution >= 0.6 is 0 Å². The zero-order chi connectivity index (χ0) is 18.8. The van der Waals surface area contributed by atoms with Gasteiger partial charge in [-0.3, -0.25) is 9.48 Å². The van der Waals surface area contributed by atoms with Gasteiger partial charge < -0.3 is 9.80 Å². The second-order valence-electron chi connectivity index (χ2n) is 7.15. The molecule has 0 N–H and O–H groups in total. The zero-order valence-corrected chi connectivity index (χ0v) is 15.7. The Morgan fingerprint density at radius 1 is 1.07 bits per heavy atom. The molecule has 0 atom stereocenters. The second-order valence-corrected chi connectivity index (χ2v) is 7.15. The largest absolute Gasteiger partial charge is 0.354 e. The van der Waals surface area contributed by atoms with Gasteiger partial charge in [-0.25, -0.2) is 9.97 Å². The topological polar surface area (TPSA) is 67.2 Å². The lowest BCUT2D eigenvalue weighted by atomic mass is 10.2. The Labute approximate surface area is 158 Å². The molecule has 4 rings (SSSR count). The lowest BCUT2D eigenvalue weighted by molar-refractivity contribution is 0.0767. The molecular formula is C20H24N6O. The Kier molecular flexibility index (Phi) is 4.75. The van der Waals surface area contributed by atoms with Gasteiger partial charge in [-0.05, 0) is 32.4 Å². The van der Waals surface area contributed by atoms with Crippen LogP contribution in [0.3, 0.4) is 0 Å². The summed E-state index contributed by atoms with van der Waals surface area (Å²) in [5.74, 6) is 0.999. The van der Waals surface area contributed by atoms with E-state index in [1.54, 1.807) is 12.5 Å². The molecule has 7 nitrogen and oxygen atoms in total.